The third-order valence-electron chi connectivity index (χ3n) is 17.4. The molecule has 0 unspecified atom stereocenters. The molecule has 0 aromatic carbocycles. The van der Waals surface area contributed by atoms with Crippen molar-refractivity contribution in [2.75, 3.05) is 19.8 Å². The van der Waals surface area contributed by atoms with Crippen LogP contribution in [0.5, 0.6) is 0 Å². The first-order valence-electron chi connectivity index (χ1n) is 21.0. The molecule has 5 aliphatic carbocycles. The van der Waals surface area contributed by atoms with Gasteiger partial charge in [-0.2, -0.15) is 0 Å². The fourth-order valence-electron chi connectivity index (χ4n) is 13.7. The molecule has 0 aromatic rings. The average Bonchev–Trinajstić information content (AvgIpc) is 3.16. The summed E-state index contributed by atoms with van der Waals surface area (Å²) in [5.74, 6) is -0.563. The molecule has 0 amide bonds. The minimum atomic E-state index is -1.63. The number of hydrogen-bond donors (Lipinski definition) is 10. The van der Waals surface area contributed by atoms with Crippen LogP contribution in [-0.4, -0.2) is 157 Å². The predicted octanol–water partition coefficient (Wildman–Crippen LogP) is -0.0897. The fraction of sp³-hybridized carbons (Fsp3) is 0.929. The van der Waals surface area contributed by atoms with Gasteiger partial charge in [0.1, 0.15) is 55.1 Å². The first kappa shape index (κ1) is 43.9. The Morgan fingerprint density at radius 2 is 1.33 bits per heavy atom. The third kappa shape index (κ3) is 6.47. The summed E-state index contributed by atoms with van der Waals surface area (Å²) in [4.78, 5) is 13.3. The quantitative estimate of drug-likeness (QED) is 0.0874. The summed E-state index contributed by atoms with van der Waals surface area (Å²) in [6.07, 6.45) is -8.74. The summed E-state index contributed by atoms with van der Waals surface area (Å²) in [6.45, 7) is 11.7. The summed E-state index contributed by atoms with van der Waals surface area (Å²) >= 11 is 0. The van der Waals surface area contributed by atoms with Crippen molar-refractivity contribution < 1.29 is 74.8 Å². The normalized spacial score (nSPS) is 57.7. The highest BCUT2D eigenvalue weighted by Gasteiger charge is 2.72. The van der Waals surface area contributed by atoms with Crippen LogP contribution in [0.2, 0.25) is 0 Å². The van der Waals surface area contributed by atoms with Crippen LogP contribution >= 0.6 is 0 Å². The predicted molar refractivity (Wildman–Crippen MR) is 201 cm³/mol. The Morgan fingerprint density at radius 3 is 1.93 bits per heavy atom. The van der Waals surface area contributed by atoms with Crippen molar-refractivity contribution in [3.8, 4) is 0 Å². The van der Waals surface area contributed by atoms with E-state index < -0.39 is 131 Å². The van der Waals surface area contributed by atoms with E-state index in [1.807, 2.05) is 0 Å². The minimum absolute atomic E-state index is 0.0145. The molecule has 0 spiro atoms. The number of aliphatic hydroxyl groups excluding tert-OH is 10. The number of ether oxygens (including phenoxy) is 4. The summed E-state index contributed by atoms with van der Waals surface area (Å²) in [5, 5.41) is 107. The molecule has 2 aliphatic heterocycles. The minimum Gasteiger partial charge on any atom is -0.394 e. The molecular formula is C42H68O15. The Kier molecular flexibility index (Phi) is 11.6. The number of carbonyl (C=O) groups is 1. The molecule has 0 aromatic heterocycles. The van der Waals surface area contributed by atoms with Crippen LogP contribution < -0.4 is 0 Å². The molecule has 0 radical (unpaired) electrons. The average molecular weight is 813 g/mol. The first-order valence-corrected chi connectivity index (χ1v) is 21.0. The second-order valence-electron chi connectivity index (χ2n) is 20.6. The second-order valence-corrected chi connectivity index (χ2v) is 20.6. The number of carbonyl (C=O) groups excluding carboxylic acids is 1. The lowest BCUT2D eigenvalue weighted by Crippen LogP contribution is -2.70. The Hall–Kier alpha value is -1.15. The Morgan fingerprint density at radius 1 is 0.737 bits per heavy atom. The maximum Gasteiger partial charge on any atom is 0.187 e. The molecule has 10 N–H and O–H groups in total. The lowest BCUT2D eigenvalue weighted by Gasteiger charge is -2.72. The lowest BCUT2D eigenvalue weighted by atomic mass is 9.33. The molecule has 0 bridgehead atoms. The van der Waals surface area contributed by atoms with Gasteiger partial charge in [0.15, 0.2) is 12.6 Å². The van der Waals surface area contributed by atoms with E-state index in [1.165, 1.54) is 5.57 Å². The number of fused-ring (bicyclic) bond motifs is 7. The van der Waals surface area contributed by atoms with E-state index in [9.17, 15) is 55.9 Å². The molecule has 7 aliphatic rings. The standard InChI is InChI=1S/C42H68O15/c1-37(19-54-35-32(52)30(50)28(48)23(16-43)55-35)11-12-38(2)21(13-37)20-7-8-25-39(3)10-9-27(57-36-33(53)31(51)29(49)24(17-44)56-36)40(4,18-45)34(39)22(46)14-42(25,6)41(20,5)15-26(38)47/h7,18,21-36,43-44,46-53H,8-17,19H2,1-6H3/t21-,22+,23+,24+,25+,26-,27-,28+,29+,30-,31-,32+,33+,34+,35+,36-,37+,38-,39+,40+,41+,42+/m0/s1. The third-order valence-corrected chi connectivity index (χ3v) is 17.4. The second kappa shape index (κ2) is 15.0. The zero-order valence-electron chi connectivity index (χ0n) is 34.2. The van der Waals surface area contributed by atoms with E-state index in [4.69, 9.17) is 18.9 Å². The molecule has 15 heteroatoms. The summed E-state index contributed by atoms with van der Waals surface area (Å²) in [6, 6.07) is 0. The molecule has 15 nitrogen and oxygen atoms in total. The van der Waals surface area contributed by atoms with Gasteiger partial charge < -0.3 is 74.8 Å². The SMILES string of the molecule is C[C@@]1(CO[C@@H]2O[C@H](CO)[C@@H](O)[C@H](O)[C@H]2O)CC[C@]2(C)[C@@H](O)C[C@]3(C)C(=CC[C@@H]4[C@@]5(C)CC[C@H](O[C@@H]6O[C@H](CO)[C@@H](O)[C@H](O)[C@H]6O)[C@@](C)(C=O)[C@@H]5[C@H](O)C[C@]43C)[C@@H]2C1. The molecule has 2 saturated heterocycles. The maximum atomic E-state index is 13.3. The summed E-state index contributed by atoms with van der Waals surface area (Å²) in [7, 11) is 0. The topological polar surface area (TPSA) is 256 Å². The Bertz CT molecular complexity index is 1530. The number of allylic oxidation sites excluding steroid dienone is 2. The van der Waals surface area contributed by atoms with E-state index in [1.54, 1.807) is 6.92 Å². The van der Waals surface area contributed by atoms with E-state index in [0.717, 1.165) is 19.1 Å². The van der Waals surface area contributed by atoms with Crippen LogP contribution in [0, 0.1) is 50.2 Å². The van der Waals surface area contributed by atoms with Gasteiger partial charge in [0, 0.05) is 11.3 Å². The number of hydrogen-bond acceptors (Lipinski definition) is 15. The van der Waals surface area contributed by atoms with E-state index in [0.29, 0.717) is 38.5 Å². The molecule has 2 heterocycles. The van der Waals surface area contributed by atoms with E-state index >= 15 is 0 Å². The lowest BCUT2D eigenvalue weighted by molar-refractivity contribution is -0.331. The molecule has 57 heavy (non-hydrogen) atoms. The Labute approximate surface area is 335 Å². The summed E-state index contributed by atoms with van der Waals surface area (Å²) < 4.78 is 23.8. The van der Waals surface area contributed by atoms with Crippen molar-refractivity contribution in [2.24, 2.45) is 50.2 Å². The van der Waals surface area contributed by atoms with Crippen molar-refractivity contribution in [2.45, 2.75) is 173 Å². The fourth-order valence-corrected chi connectivity index (χ4v) is 13.7. The van der Waals surface area contributed by atoms with Gasteiger partial charge in [0.2, 0.25) is 0 Å². The van der Waals surface area contributed by atoms with Crippen LogP contribution in [0.1, 0.15) is 92.9 Å². The van der Waals surface area contributed by atoms with Crippen molar-refractivity contribution in [3.05, 3.63) is 11.6 Å². The summed E-state index contributed by atoms with van der Waals surface area (Å²) in [5.41, 5.74) is -2.35. The van der Waals surface area contributed by atoms with Crippen molar-refractivity contribution >= 4 is 6.29 Å². The van der Waals surface area contributed by atoms with Gasteiger partial charge in [0.25, 0.3) is 0 Å². The van der Waals surface area contributed by atoms with Crippen LogP contribution in [0.25, 0.3) is 0 Å². The smallest absolute Gasteiger partial charge is 0.187 e. The van der Waals surface area contributed by atoms with Gasteiger partial charge in [0.05, 0.1) is 43.5 Å². The van der Waals surface area contributed by atoms with E-state index in [-0.39, 0.29) is 18.4 Å². The number of aliphatic hydroxyl groups is 10. The highest BCUT2D eigenvalue weighted by molar-refractivity contribution is 5.62. The first-order chi connectivity index (χ1) is 26.6. The molecule has 7 rings (SSSR count). The van der Waals surface area contributed by atoms with Gasteiger partial charge >= 0.3 is 0 Å². The van der Waals surface area contributed by atoms with Crippen LogP contribution in [0.3, 0.4) is 0 Å². The molecule has 326 valence electrons. The van der Waals surface area contributed by atoms with Gasteiger partial charge in [-0.25, -0.2) is 0 Å². The molecular weight excluding hydrogens is 744 g/mol. The van der Waals surface area contributed by atoms with E-state index in [2.05, 4.69) is 40.7 Å². The highest BCUT2D eigenvalue weighted by atomic mass is 16.7. The highest BCUT2D eigenvalue weighted by Crippen LogP contribution is 2.75. The largest absolute Gasteiger partial charge is 0.394 e. The Balaban J connectivity index is 1.15. The van der Waals surface area contributed by atoms with Crippen molar-refractivity contribution in [1.82, 2.24) is 0 Å². The molecule has 6 fully saturated rings. The zero-order valence-corrected chi connectivity index (χ0v) is 34.2. The monoisotopic (exact) mass is 812 g/mol. The van der Waals surface area contributed by atoms with Crippen molar-refractivity contribution in [1.29, 1.82) is 0 Å². The van der Waals surface area contributed by atoms with Gasteiger partial charge in [-0.15, -0.1) is 0 Å². The van der Waals surface area contributed by atoms with Crippen molar-refractivity contribution in [3.63, 3.8) is 0 Å². The maximum absolute atomic E-state index is 13.3. The molecule has 22 atom stereocenters. The van der Waals surface area contributed by atoms with Crippen LogP contribution in [0.4, 0.5) is 0 Å². The van der Waals surface area contributed by atoms with Crippen LogP contribution in [0.15, 0.2) is 11.6 Å². The van der Waals surface area contributed by atoms with Crippen LogP contribution in [-0.2, 0) is 23.7 Å². The van der Waals surface area contributed by atoms with Gasteiger partial charge in [-0.05, 0) is 84.9 Å². The zero-order chi connectivity index (χ0) is 41.8. The van der Waals surface area contributed by atoms with Gasteiger partial charge in [-0.1, -0.05) is 53.2 Å². The number of rotatable bonds is 8. The number of aldehydes is 1. The molecule has 4 saturated carbocycles. The van der Waals surface area contributed by atoms with Gasteiger partial charge in [-0.3, -0.25) is 0 Å².